The predicted octanol–water partition coefficient (Wildman–Crippen LogP) is 3.51. The highest BCUT2D eigenvalue weighted by molar-refractivity contribution is 7.93. The molecule has 10 heteroatoms. The number of aliphatic hydroxyl groups excluding tert-OH is 1. The van der Waals surface area contributed by atoms with Crippen molar-refractivity contribution in [3.05, 3.63) is 89.5 Å². The lowest BCUT2D eigenvalue weighted by atomic mass is 10.00. The van der Waals surface area contributed by atoms with Crippen molar-refractivity contribution in [2.45, 2.75) is 51.5 Å². The highest BCUT2D eigenvalue weighted by Crippen LogP contribution is 2.30. The van der Waals surface area contributed by atoms with Crippen LogP contribution in [0, 0.1) is 0 Å². The fourth-order valence-electron chi connectivity index (χ4n) is 4.82. The number of sulfonamides is 1. The fraction of sp³-hybridized carbons (Fsp3) is 0.387. The summed E-state index contributed by atoms with van der Waals surface area (Å²) in [6, 6.07) is 21.5. The third kappa shape index (κ3) is 8.45. The van der Waals surface area contributed by atoms with E-state index in [1.54, 1.807) is 25.3 Å². The molecule has 0 unspecified atom stereocenters. The van der Waals surface area contributed by atoms with Crippen LogP contribution < -0.4 is 24.4 Å². The molecule has 3 aromatic rings. The van der Waals surface area contributed by atoms with Gasteiger partial charge in [-0.15, -0.1) is 0 Å². The van der Waals surface area contributed by atoms with Crippen molar-refractivity contribution >= 4 is 21.6 Å². The van der Waals surface area contributed by atoms with Crippen LogP contribution in [0.1, 0.15) is 41.8 Å². The van der Waals surface area contributed by atoms with Gasteiger partial charge >= 0.3 is 0 Å². The number of methoxy groups -OCH3 is 1. The Labute approximate surface area is 242 Å². The topological polar surface area (TPSA) is 117 Å². The van der Waals surface area contributed by atoms with Gasteiger partial charge in [0.15, 0.2) is 0 Å². The average Bonchev–Trinajstić information content (AvgIpc) is 3.31. The second-order valence-electron chi connectivity index (χ2n) is 10.4. The maximum absolute atomic E-state index is 13.6. The van der Waals surface area contributed by atoms with E-state index in [1.165, 1.54) is 4.31 Å². The minimum Gasteiger partial charge on any atom is -0.497 e. The second kappa shape index (κ2) is 13.8. The van der Waals surface area contributed by atoms with Gasteiger partial charge in [0.25, 0.3) is 5.91 Å². The molecular formula is C31H39N3O6S. The summed E-state index contributed by atoms with van der Waals surface area (Å²) >= 11 is 0. The number of rotatable bonds is 13. The van der Waals surface area contributed by atoms with Crippen LogP contribution in [-0.4, -0.2) is 63.6 Å². The third-order valence-corrected chi connectivity index (χ3v) is 8.68. The number of nitrogens with one attached hydrogen (secondary N) is 2. The van der Waals surface area contributed by atoms with Crippen LogP contribution in [-0.2, 0) is 23.0 Å². The van der Waals surface area contributed by atoms with Gasteiger partial charge in [0.1, 0.15) is 11.5 Å². The summed E-state index contributed by atoms with van der Waals surface area (Å²) in [5, 5.41) is 17.5. The number of aliphatic hydroxyl groups is 1. The summed E-state index contributed by atoms with van der Waals surface area (Å²) in [5.74, 6) is 0.802. The molecule has 4 rings (SSSR count). The van der Waals surface area contributed by atoms with Crippen LogP contribution in [0.15, 0.2) is 72.8 Å². The number of hydrogen-bond acceptors (Lipinski definition) is 7. The lowest BCUT2D eigenvalue weighted by Gasteiger charge is -2.26. The van der Waals surface area contributed by atoms with Crippen molar-refractivity contribution in [1.82, 2.24) is 10.6 Å². The molecule has 0 aromatic heterocycles. The number of ether oxygens (including phenoxy) is 2. The Balaban J connectivity index is 1.53. The Bertz CT molecular complexity index is 1410. The average molecular weight is 582 g/mol. The second-order valence-corrected chi connectivity index (χ2v) is 12.5. The standard InChI is InChI=1S/C31H39N3O6S/c1-22(2)40-28-18-25(17-26(19-28)34-13-8-14-41(34,37)38)31(36)33-29(16-23-9-5-4-6-10-23)30(35)21-32-20-24-11-7-12-27(15-24)39-3/h4-7,9-12,15,17-19,22,29-30,32,35H,8,13-14,16,20-21H2,1-3H3,(H,33,36)/t29-,30+/m0/s1. The smallest absolute Gasteiger partial charge is 0.251 e. The van der Waals surface area contributed by atoms with E-state index in [-0.39, 0.29) is 24.0 Å². The molecule has 0 aliphatic carbocycles. The SMILES string of the molecule is COc1cccc(CNC[C@@H](O)[C@H](Cc2ccccc2)NC(=O)c2cc(OC(C)C)cc(N3CCCS3(=O)=O)c2)c1. The van der Waals surface area contributed by atoms with Crippen molar-refractivity contribution in [2.24, 2.45) is 0 Å². The van der Waals surface area contributed by atoms with Gasteiger partial charge in [-0.05, 0) is 62.1 Å². The summed E-state index contributed by atoms with van der Waals surface area (Å²) in [4.78, 5) is 13.6. The van der Waals surface area contributed by atoms with Crippen molar-refractivity contribution < 1.29 is 27.8 Å². The molecule has 220 valence electrons. The lowest BCUT2D eigenvalue weighted by molar-refractivity contribution is 0.0829. The van der Waals surface area contributed by atoms with E-state index in [4.69, 9.17) is 9.47 Å². The van der Waals surface area contributed by atoms with E-state index < -0.39 is 28.1 Å². The molecule has 9 nitrogen and oxygen atoms in total. The zero-order valence-electron chi connectivity index (χ0n) is 23.7. The van der Waals surface area contributed by atoms with E-state index in [2.05, 4.69) is 10.6 Å². The Hall–Kier alpha value is -3.60. The van der Waals surface area contributed by atoms with Gasteiger partial charge in [0, 0.05) is 31.3 Å². The molecular weight excluding hydrogens is 542 g/mol. The van der Waals surface area contributed by atoms with Crippen LogP contribution in [0.2, 0.25) is 0 Å². The van der Waals surface area contributed by atoms with Gasteiger partial charge in [-0.1, -0.05) is 42.5 Å². The maximum Gasteiger partial charge on any atom is 0.251 e. The van der Waals surface area contributed by atoms with Crippen LogP contribution in [0.25, 0.3) is 0 Å². The third-order valence-electron chi connectivity index (χ3n) is 6.81. The molecule has 3 aromatic carbocycles. The quantitative estimate of drug-likeness (QED) is 0.283. The zero-order chi connectivity index (χ0) is 29.4. The normalized spacial score (nSPS) is 15.9. The number of nitrogens with zero attached hydrogens (tertiary/aromatic N) is 1. The highest BCUT2D eigenvalue weighted by atomic mass is 32.2. The minimum absolute atomic E-state index is 0.0674. The number of hydrogen-bond donors (Lipinski definition) is 3. The molecule has 1 aliphatic heterocycles. The summed E-state index contributed by atoms with van der Waals surface area (Å²) in [7, 11) is -1.84. The van der Waals surface area contributed by atoms with Crippen molar-refractivity contribution in [3.63, 3.8) is 0 Å². The first-order chi connectivity index (χ1) is 19.6. The molecule has 0 radical (unpaired) electrons. The highest BCUT2D eigenvalue weighted by Gasteiger charge is 2.30. The van der Waals surface area contributed by atoms with Crippen LogP contribution in [0.5, 0.6) is 11.5 Å². The molecule has 1 heterocycles. The predicted molar refractivity (Wildman–Crippen MR) is 160 cm³/mol. The molecule has 2 atom stereocenters. The van der Waals surface area contributed by atoms with Gasteiger partial charge in [0.05, 0.1) is 36.8 Å². The van der Waals surface area contributed by atoms with Gasteiger partial charge in [-0.25, -0.2) is 8.42 Å². The van der Waals surface area contributed by atoms with Crippen molar-refractivity contribution in [2.75, 3.05) is 30.3 Å². The number of benzene rings is 3. The largest absolute Gasteiger partial charge is 0.497 e. The monoisotopic (exact) mass is 581 g/mol. The van der Waals surface area contributed by atoms with Gasteiger partial charge < -0.3 is 25.2 Å². The Morgan fingerprint density at radius 3 is 2.44 bits per heavy atom. The molecule has 0 saturated carbocycles. The first-order valence-electron chi connectivity index (χ1n) is 13.8. The van der Waals surface area contributed by atoms with Crippen molar-refractivity contribution in [1.29, 1.82) is 0 Å². The Morgan fingerprint density at radius 1 is 1.00 bits per heavy atom. The Morgan fingerprint density at radius 2 is 1.76 bits per heavy atom. The number of amides is 1. The fourth-order valence-corrected chi connectivity index (χ4v) is 6.37. The molecule has 1 aliphatic rings. The first-order valence-corrected chi connectivity index (χ1v) is 15.4. The van der Waals surface area contributed by atoms with E-state index in [0.717, 1.165) is 16.9 Å². The number of anilines is 1. The molecule has 1 saturated heterocycles. The molecule has 1 amide bonds. The van der Waals surface area contributed by atoms with Gasteiger partial charge in [-0.3, -0.25) is 9.10 Å². The minimum atomic E-state index is -3.45. The van der Waals surface area contributed by atoms with Crippen LogP contribution in [0.4, 0.5) is 5.69 Å². The first kappa shape index (κ1) is 30.4. The summed E-state index contributed by atoms with van der Waals surface area (Å²) in [6.45, 7) is 4.84. The van der Waals surface area contributed by atoms with Crippen LogP contribution in [0.3, 0.4) is 0 Å². The summed E-state index contributed by atoms with van der Waals surface area (Å²) in [5.41, 5.74) is 2.62. The van der Waals surface area contributed by atoms with E-state index in [9.17, 15) is 18.3 Å². The van der Waals surface area contributed by atoms with Crippen molar-refractivity contribution in [3.8, 4) is 11.5 Å². The molecule has 41 heavy (non-hydrogen) atoms. The lowest BCUT2D eigenvalue weighted by Crippen LogP contribution is -2.48. The van der Waals surface area contributed by atoms with E-state index in [0.29, 0.717) is 37.4 Å². The number of carbonyl (C=O) groups excluding carboxylic acids is 1. The van der Waals surface area contributed by atoms with E-state index >= 15 is 0 Å². The molecule has 3 N–H and O–H groups in total. The Kier molecular flexibility index (Phi) is 10.3. The van der Waals surface area contributed by atoms with Gasteiger partial charge in [0.2, 0.25) is 10.0 Å². The van der Waals surface area contributed by atoms with E-state index in [1.807, 2.05) is 68.4 Å². The van der Waals surface area contributed by atoms with Crippen LogP contribution >= 0.6 is 0 Å². The molecule has 0 spiro atoms. The molecule has 1 fully saturated rings. The summed E-state index contributed by atoms with van der Waals surface area (Å²) < 4.78 is 37.7. The van der Waals surface area contributed by atoms with Gasteiger partial charge in [-0.2, -0.15) is 0 Å². The zero-order valence-corrected chi connectivity index (χ0v) is 24.6. The maximum atomic E-state index is 13.6. The summed E-state index contributed by atoms with van der Waals surface area (Å²) in [6.07, 6.45) is -0.143. The number of carbonyl (C=O) groups is 1. The molecule has 0 bridgehead atoms.